The highest BCUT2D eigenvalue weighted by Crippen LogP contribution is 2.20. The molecule has 1 aromatic rings. The van der Waals surface area contributed by atoms with Gasteiger partial charge in [-0.15, -0.1) is 0 Å². The van der Waals surface area contributed by atoms with Crippen LogP contribution in [0.3, 0.4) is 0 Å². The van der Waals surface area contributed by atoms with Crippen LogP contribution in [0.1, 0.15) is 11.7 Å². The minimum atomic E-state index is -0.879. The number of morpholine rings is 1. The average Bonchev–Trinajstić information content (AvgIpc) is 2.71. The molecule has 14 heavy (non-hydrogen) atoms. The summed E-state index contributed by atoms with van der Waals surface area (Å²) in [4.78, 5) is 10.6. The van der Waals surface area contributed by atoms with Gasteiger partial charge in [0.1, 0.15) is 6.04 Å². The third-order valence-electron chi connectivity index (χ3n) is 2.23. The Morgan fingerprint density at radius 2 is 2.50 bits per heavy atom. The van der Waals surface area contributed by atoms with Gasteiger partial charge in [-0.05, 0) is 6.07 Å². The zero-order valence-corrected chi connectivity index (χ0v) is 7.47. The Morgan fingerprint density at radius 1 is 1.64 bits per heavy atom. The summed E-state index contributed by atoms with van der Waals surface area (Å²) in [5.41, 5.74) is 0.932. The molecule has 5 heteroatoms. The molecule has 2 rings (SSSR count). The van der Waals surface area contributed by atoms with Crippen molar-refractivity contribution in [1.82, 2.24) is 5.32 Å². The largest absolute Gasteiger partial charge is 0.480 e. The molecule has 1 saturated heterocycles. The maximum Gasteiger partial charge on any atom is 0.323 e. The van der Waals surface area contributed by atoms with Crippen molar-refractivity contribution < 1.29 is 19.1 Å². The molecule has 0 aliphatic carbocycles. The van der Waals surface area contributed by atoms with E-state index in [4.69, 9.17) is 14.3 Å². The van der Waals surface area contributed by atoms with Gasteiger partial charge in [0.25, 0.3) is 0 Å². The van der Waals surface area contributed by atoms with Gasteiger partial charge in [-0.2, -0.15) is 0 Å². The Morgan fingerprint density at radius 3 is 3.00 bits per heavy atom. The van der Waals surface area contributed by atoms with Gasteiger partial charge in [0.05, 0.1) is 25.2 Å². The van der Waals surface area contributed by atoms with E-state index in [1.54, 1.807) is 12.5 Å². The van der Waals surface area contributed by atoms with Crippen LogP contribution in [-0.4, -0.2) is 30.3 Å². The summed E-state index contributed by atoms with van der Waals surface area (Å²) in [7, 11) is 0. The van der Waals surface area contributed by atoms with E-state index in [-0.39, 0.29) is 12.7 Å². The molecular formula is C9H11NO4. The fraction of sp³-hybridized carbons (Fsp3) is 0.444. The van der Waals surface area contributed by atoms with E-state index in [0.29, 0.717) is 6.54 Å². The number of carbonyl (C=O) groups is 1. The standard InChI is InChI=1S/C9H11NO4/c11-9(12)7-5-14-8(3-10-7)6-1-2-13-4-6/h1-2,4,7-8,10H,3,5H2,(H,11,12). The van der Waals surface area contributed by atoms with E-state index >= 15 is 0 Å². The molecule has 2 N–H and O–H groups in total. The van der Waals surface area contributed by atoms with E-state index in [0.717, 1.165) is 5.56 Å². The quantitative estimate of drug-likeness (QED) is 0.717. The Balaban J connectivity index is 1.93. The van der Waals surface area contributed by atoms with Crippen LogP contribution in [0.4, 0.5) is 0 Å². The first-order valence-corrected chi connectivity index (χ1v) is 4.37. The average molecular weight is 197 g/mol. The lowest BCUT2D eigenvalue weighted by Crippen LogP contribution is -2.47. The van der Waals surface area contributed by atoms with Crippen LogP contribution in [0, 0.1) is 0 Å². The van der Waals surface area contributed by atoms with Crippen molar-refractivity contribution in [3.05, 3.63) is 24.2 Å². The number of rotatable bonds is 2. The van der Waals surface area contributed by atoms with Crippen molar-refractivity contribution in [1.29, 1.82) is 0 Å². The van der Waals surface area contributed by atoms with Crippen LogP contribution in [0.25, 0.3) is 0 Å². The topological polar surface area (TPSA) is 71.7 Å². The van der Waals surface area contributed by atoms with E-state index in [1.165, 1.54) is 0 Å². The molecule has 0 spiro atoms. The highest BCUT2D eigenvalue weighted by Gasteiger charge is 2.26. The molecule has 2 heterocycles. The van der Waals surface area contributed by atoms with Crippen molar-refractivity contribution in [2.75, 3.05) is 13.2 Å². The van der Waals surface area contributed by atoms with Crippen molar-refractivity contribution in [2.45, 2.75) is 12.1 Å². The number of carboxylic acid groups (broad SMARTS) is 1. The molecule has 1 aromatic heterocycles. The fourth-order valence-electron chi connectivity index (χ4n) is 1.41. The summed E-state index contributed by atoms with van der Waals surface area (Å²) in [5, 5.41) is 11.6. The van der Waals surface area contributed by atoms with E-state index in [2.05, 4.69) is 5.32 Å². The minimum absolute atomic E-state index is 0.107. The van der Waals surface area contributed by atoms with Gasteiger partial charge in [-0.25, -0.2) is 0 Å². The second-order valence-corrected chi connectivity index (χ2v) is 3.18. The predicted octanol–water partition coefficient (Wildman–Crippen LogP) is 0.394. The molecule has 1 aliphatic heterocycles. The molecule has 76 valence electrons. The molecule has 0 saturated carbocycles. The summed E-state index contributed by atoms with van der Waals surface area (Å²) >= 11 is 0. The van der Waals surface area contributed by atoms with Gasteiger partial charge in [-0.1, -0.05) is 0 Å². The summed E-state index contributed by atoms with van der Waals surface area (Å²) in [6.07, 6.45) is 3.07. The van der Waals surface area contributed by atoms with Crippen LogP contribution in [0.5, 0.6) is 0 Å². The lowest BCUT2D eigenvalue weighted by molar-refractivity contribution is -0.144. The highest BCUT2D eigenvalue weighted by atomic mass is 16.5. The van der Waals surface area contributed by atoms with Crippen LogP contribution in [-0.2, 0) is 9.53 Å². The maximum absolute atomic E-state index is 10.6. The first-order chi connectivity index (χ1) is 6.77. The van der Waals surface area contributed by atoms with Crippen molar-refractivity contribution in [3.8, 4) is 0 Å². The monoisotopic (exact) mass is 197 g/mol. The Kier molecular flexibility index (Phi) is 2.51. The highest BCUT2D eigenvalue weighted by molar-refractivity contribution is 5.73. The van der Waals surface area contributed by atoms with Crippen molar-refractivity contribution in [3.63, 3.8) is 0 Å². The number of furan rings is 1. The molecule has 0 radical (unpaired) electrons. The number of nitrogens with one attached hydrogen (secondary N) is 1. The second kappa shape index (κ2) is 3.81. The van der Waals surface area contributed by atoms with Gasteiger partial charge in [0.15, 0.2) is 0 Å². The first-order valence-electron chi connectivity index (χ1n) is 4.37. The van der Waals surface area contributed by atoms with Crippen LogP contribution < -0.4 is 5.32 Å². The third-order valence-corrected chi connectivity index (χ3v) is 2.23. The summed E-state index contributed by atoms with van der Waals surface area (Å²) < 4.78 is 10.3. The SMILES string of the molecule is O=C(O)C1COC(c2ccoc2)CN1. The zero-order valence-electron chi connectivity index (χ0n) is 7.47. The lowest BCUT2D eigenvalue weighted by Gasteiger charge is -2.27. The number of aliphatic carboxylic acids is 1. The molecule has 0 amide bonds. The summed E-state index contributed by atoms with van der Waals surface area (Å²) in [6, 6.07) is 1.21. The van der Waals surface area contributed by atoms with Gasteiger partial charge >= 0.3 is 5.97 Å². The molecule has 5 nitrogen and oxygen atoms in total. The summed E-state index contributed by atoms with van der Waals surface area (Å²) in [5.74, 6) is -0.879. The van der Waals surface area contributed by atoms with Crippen LogP contribution in [0.15, 0.2) is 23.0 Å². The second-order valence-electron chi connectivity index (χ2n) is 3.18. The zero-order chi connectivity index (χ0) is 9.97. The van der Waals surface area contributed by atoms with Gasteiger partial charge in [0, 0.05) is 12.1 Å². The number of ether oxygens (including phenoxy) is 1. The van der Waals surface area contributed by atoms with E-state index in [9.17, 15) is 4.79 Å². The number of hydrogen-bond donors (Lipinski definition) is 2. The van der Waals surface area contributed by atoms with Crippen molar-refractivity contribution in [2.24, 2.45) is 0 Å². The molecule has 0 aromatic carbocycles. The third kappa shape index (κ3) is 1.78. The normalized spacial score (nSPS) is 27.4. The molecule has 2 unspecified atom stereocenters. The molecular weight excluding hydrogens is 186 g/mol. The van der Waals surface area contributed by atoms with Crippen LogP contribution in [0.2, 0.25) is 0 Å². The van der Waals surface area contributed by atoms with Gasteiger partial charge in [0.2, 0.25) is 0 Å². The number of carboxylic acids is 1. The van der Waals surface area contributed by atoms with Crippen LogP contribution >= 0.6 is 0 Å². The van der Waals surface area contributed by atoms with E-state index in [1.807, 2.05) is 6.07 Å². The Bertz CT molecular complexity index is 301. The molecule has 2 atom stereocenters. The predicted molar refractivity (Wildman–Crippen MR) is 46.8 cm³/mol. The van der Waals surface area contributed by atoms with Gasteiger partial charge in [-0.3, -0.25) is 10.1 Å². The molecule has 1 aliphatic rings. The van der Waals surface area contributed by atoms with Crippen molar-refractivity contribution >= 4 is 5.97 Å². The first kappa shape index (κ1) is 9.23. The minimum Gasteiger partial charge on any atom is -0.480 e. The Hall–Kier alpha value is -1.33. The summed E-state index contributed by atoms with van der Waals surface area (Å²) in [6.45, 7) is 0.682. The van der Waals surface area contributed by atoms with E-state index < -0.39 is 12.0 Å². The molecule has 1 fully saturated rings. The Labute approximate surface area is 80.7 Å². The fourth-order valence-corrected chi connectivity index (χ4v) is 1.41. The maximum atomic E-state index is 10.6. The lowest BCUT2D eigenvalue weighted by atomic mass is 10.1. The molecule has 0 bridgehead atoms. The number of hydrogen-bond acceptors (Lipinski definition) is 4. The van der Waals surface area contributed by atoms with Gasteiger partial charge < -0.3 is 14.3 Å². The smallest absolute Gasteiger partial charge is 0.323 e.